The second kappa shape index (κ2) is 15.6. The molecule has 354 valence electrons. The van der Waals surface area contributed by atoms with Gasteiger partial charge in [0.15, 0.2) is 0 Å². The Morgan fingerprint density at radius 3 is 1.41 bits per heavy atom. The molecule has 0 radical (unpaired) electrons. The van der Waals surface area contributed by atoms with Crippen molar-refractivity contribution in [2.24, 2.45) is 0 Å². The van der Waals surface area contributed by atoms with Crippen molar-refractivity contribution >= 4 is 124 Å². The summed E-state index contributed by atoms with van der Waals surface area (Å²) in [7, 11) is 0. The minimum atomic E-state index is -0.0512. The highest BCUT2D eigenvalue weighted by atomic mass is 15.2. The Bertz CT molecular complexity index is 4610. The largest absolute Gasteiger partial charge is 0.311 e. The number of para-hydroxylation sites is 4. The van der Waals surface area contributed by atoms with Gasteiger partial charge in [-0.1, -0.05) is 177 Å². The molecular formula is C70H48B2N4. The monoisotopic (exact) mass is 966 g/mol. The van der Waals surface area contributed by atoms with E-state index < -0.39 is 0 Å². The fourth-order valence-corrected chi connectivity index (χ4v) is 14.3. The van der Waals surface area contributed by atoms with Crippen molar-refractivity contribution in [3.63, 3.8) is 0 Å². The number of aryl methyl sites for hydroxylation is 2. The normalized spacial score (nSPS) is 13.4. The number of rotatable bonds is 6. The van der Waals surface area contributed by atoms with Gasteiger partial charge in [-0.3, -0.25) is 0 Å². The molecule has 4 aliphatic heterocycles. The maximum absolute atomic E-state index is 2.67. The molecule has 0 bridgehead atoms. The zero-order valence-corrected chi connectivity index (χ0v) is 42.3. The van der Waals surface area contributed by atoms with Gasteiger partial charge in [0.2, 0.25) is 0 Å². The Morgan fingerprint density at radius 1 is 0.342 bits per heavy atom. The van der Waals surface area contributed by atoms with Gasteiger partial charge < -0.3 is 18.9 Å². The summed E-state index contributed by atoms with van der Waals surface area (Å²) < 4.78 is 5.21. The lowest BCUT2D eigenvalue weighted by molar-refractivity contribution is 0.922. The minimum absolute atomic E-state index is 0.0486. The van der Waals surface area contributed by atoms with Crippen molar-refractivity contribution in [1.29, 1.82) is 0 Å². The van der Waals surface area contributed by atoms with E-state index in [9.17, 15) is 0 Å². The van der Waals surface area contributed by atoms with Crippen LogP contribution >= 0.6 is 0 Å². The lowest BCUT2D eigenvalue weighted by Crippen LogP contribution is -2.64. The lowest BCUT2D eigenvalue weighted by Gasteiger charge is -2.44. The molecule has 76 heavy (non-hydrogen) atoms. The zero-order chi connectivity index (χ0) is 49.9. The number of fused-ring (bicyclic) bond motifs is 14. The van der Waals surface area contributed by atoms with Crippen molar-refractivity contribution in [3.8, 4) is 33.6 Å². The molecule has 11 aromatic carbocycles. The quantitative estimate of drug-likeness (QED) is 0.154. The summed E-state index contributed by atoms with van der Waals surface area (Å²) in [5, 5.41) is 5.16. The van der Waals surface area contributed by atoms with Gasteiger partial charge in [-0.05, 0) is 146 Å². The summed E-state index contributed by atoms with van der Waals surface area (Å²) in [6.45, 7) is 4.40. The third-order valence-electron chi connectivity index (χ3n) is 17.4. The van der Waals surface area contributed by atoms with E-state index in [1.54, 1.807) is 0 Å². The molecule has 6 heterocycles. The van der Waals surface area contributed by atoms with Crippen LogP contribution < -0.4 is 42.6 Å². The van der Waals surface area contributed by atoms with E-state index in [0.29, 0.717) is 0 Å². The lowest BCUT2D eigenvalue weighted by atomic mass is 9.30. The Labute approximate surface area is 442 Å². The number of hydrogen-bond acceptors (Lipinski definition) is 2. The van der Waals surface area contributed by atoms with Gasteiger partial charge in [0.05, 0.1) is 11.0 Å². The molecule has 2 aromatic heterocycles. The second-order valence-corrected chi connectivity index (χ2v) is 21.5. The fraction of sp³-hybridized carbons (Fsp3) is 0.0571. The number of aromatic nitrogens is 2. The smallest absolute Gasteiger partial charge is 0.252 e. The van der Waals surface area contributed by atoms with Crippen LogP contribution in [0.5, 0.6) is 0 Å². The summed E-state index contributed by atoms with van der Waals surface area (Å²) in [6.07, 6.45) is 2.15. The van der Waals surface area contributed by atoms with Crippen LogP contribution in [0.2, 0.25) is 0 Å². The highest BCUT2D eigenvalue weighted by Gasteiger charge is 2.47. The van der Waals surface area contributed by atoms with Gasteiger partial charge in [0.25, 0.3) is 13.4 Å². The summed E-state index contributed by atoms with van der Waals surface area (Å²) in [5.41, 5.74) is 30.2. The Balaban J connectivity index is 1.04. The van der Waals surface area contributed by atoms with E-state index in [2.05, 4.69) is 263 Å². The van der Waals surface area contributed by atoms with Crippen LogP contribution in [0.15, 0.2) is 231 Å². The van der Waals surface area contributed by atoms with Crippen molar-refractivity contribution in [2.45, 2.75) is 26.7 Å². The maximum atomic E-state index is 2.67. The molecule has 0 amide bonds. The molecular weight excluding hydrogens is 918 g/mol. The van der Waals surface area contributed by atoms with Crippen molar-refractivity contribution in [1.82, 2.24) is 9.13 Å². The van der Waals surface area contributed by atoms with Crippen LogP contribution in [0, 0.1) is 6.92 Å². The minimum Gasteiger partial charge on any atom is -0.311 e. The van der Waals surface area contributed by atoms with Gasteiger partial charge in [0, 0.05) is 78.1 Å². The predicted molar refractivity (Wildman–Crippen MR) is 323 cm³/mol. The molecule has 0 spiro atoms. The summed E-state index contributed by atoms with van der Waals surface area (Å²) >= 11 is 0. The number of benzene rings is 11. The van der Waals surface area contributed by atoms with E-state index >= 15 is 0 Å². The molecule has 4 nitrogen and oxygen atoms in total. The zero-order valence-electron chi connectivity index (χ0n) is 42.3. The van der Waals surface area contributed by atoms with Gasteiger partial charge in [0.1, 0.15) is 0 Å². The first-order chi connectivity index (χ1) is 37.6. The van der Waals surface area contributed by atoms with Gasteiger partial charge in [-0.15, -0.1) is 0 Å². The molecule has 17 rings (SSSR count). The third kappa shape index (κ3) is 5.65. The van der Waals surface area contributed by atoms with Crippen LogP contribution in [0.1, 0.15) is 24.5 Å². The molecule has 0 saturated heterocycles. The van der Waals surface area contributed by atoms with Crippen LogP contribution in [-0.2, 0) is 6.42 Å². The van der Waals surface area contributed by atoms with E-state index in [1.807, 2.05) is 0 Å². The Morgan fingerprint density at radius 2 is 0.829 bits per heavy atom. The molecule has 0 saturated carbocycles. The maximum Gasteiger partial charge on any atom is 0.252 e. The topological polar surface area (TPSA) is 16.3 Å². The van der Waals surface area contributed by atoms with Crippen molar-refractivity contribution in [3.05, 3.63) is 242 Å². The highest BCUT2D eigenvalue weighted by molar-refractivity contribution is 7.03. The molecule has 13 aromatic rings. The molecule has 4 aliphatic rings. The third-order valence-corrected chi connectivity index (χ3v) is 17.4. The fourth-order valence-electron chi connectivity index (χ4n) is 14.3. The SMILES string of the molecule is CCCc1ccc(N2c3cc4c(cc3B3c5c2cc(-c2ccccc2)cc5-n2c5cc(C)ccc5c5cccc3c52)B2c3c(cc(-c5ccccc5)cc3-n3c5ccccc5c5cccc2c53)N4c2ccccc2)cc1. The average Bonchev–Trinajstić information content (AvgIpc) is 4.07. The van der Waals surface area contributed by atoms with E-state index in [4.69, 9.17) is 0 Å². The second-order valence-electron chi connectivity index (χ2n) is 21.5. The van der Waals surface area contributed by atoms with Crippen molar-refractivity contribution < 1.29 is 0 Å². The van der Waals surface area contributed by atoms with Crippen LogP contribution in [0.4, 0.5) is 34.1 Å². The number of nitrogens with zero attached hydrogens (tertiary/aromatic N) is 4. The van der Waals surface area contributed by atoms with E-state index in [0.717, 1.165) is 24.2 Å². The standard InChI is InChI=1S/C70H48B2N4/c1-3-17-44-31-33-50(34-32-44)74-62-42-61-57(41-58(62)72-56-28-16-26-54-52-35-30-43(2)36-60(52)76(70(54)56)66-40-48(38-64(74)68(66)72)46-20-9-5-10-21-46)71-55-27-15-25-53-51-24-13-14-29-59(51)75(69(53)55)65-39-47(45-18-7-4-8-19-45)37-63(67(65)71)73(61)49-22-11-6-12-23-49/h4-16,18-42H,3,17H2,1-2H3. The summed E-state index contributed by atoms with van der Waals surface area (Å²) in [4.78, 5) is 5.22. The van der Waals surface area contributed by atoms with Crippen LogP contribution in [0.3, 0.4) is 0 Å². The first kappa shape index (κ1) is 42.1. The van der Waals surface area contributed by atoms with Crippen molar-refractivity contribution in [2.75, 3.05) is 9.80 Å². The van der Waals surface area contributed by atoms with Crippen LogP contribution in [0.25, 0.3) is 77.2 Å². The molecule has 0 atom stereocenters. The molecule has 0 unspecified atom stereocenters. The Hall–Kier alpha value is -9.25. The molecule has 0 fully saturated rings. The first-order valence-corrected chi connectivity index (χ1v) is 27.0. The van der Waals surface area contributed by atoms with Crippen LogP contribution in [-0.4, -0.2) is 22.6 Å². The van der Waals surface area contributed by atoms with Gasteiger partial charge in [-0.2, -0.15) is 0 Å². The predicted octanol–water partition coefficient (Wildman–Crippen LogP) is 13.7. The van der Waals surface area contributed by atoms with E-state index in [-0.39, 0.29) is 13.4 Å². The summed E-state index contributed by atoms with van der Waals surface area (Å²) in [5.74, 6) is 0. The molecule has 6 heteroatoms. The van der Waals surface area contributed by atoms with Gasteiger partial charge in [-0.25, -0.2) is 0 Å². The van der Waals surface area contributed by atoms with E-state index in [1.165, 1.54) is 144 Å². The summed E-state index contributed by atoms with van der Waals surface area (Å²) in [6, 6.07) is 88.0. The first-order valence-electron chi connectivity index (χ1n) is 27.0. The Kier molecular flexibility index (Phi) is 8.67. The highest BCUT2D eigenvalue weighted by Crippen LogP contribution is 2.48. The molecule has 0 N–H and O–H groups in total. The number of anilines is 6. The average molecular weight is 967 g/mol. The number of hydrogen-bond donors (Lipinski definition) is 0. The van der Waals surface area contributed by atoms with Gasteiger partial charge >= 0.3 is 0 Å². The molecule has 0 aliphatic carbocycles.